The van der Waals surface area contributed by atoms with Gasteiger partial charge in [0.25, 0.3) is 0 Å². The number of amides is 1. The van der Waals surface area contributed by atoms with Crippen molar-refractivity contribution in [2.24, 2.45) is 0 Å². The molecule has 0 spiro atoms. The van der Waals surface area contributed by atoms with E-state index in [9.17, 15) is 4.79 Å². The molecule has 148 valence electrons. The first-order valence-corrected chi connectivity index (χ1v) is 10.6. The molecule has 1 saturated carbocycles. The first-order valence-electron chi connectivity index (χ1n) is 9.79. The number of carbonyl (C=O) groups is 1. The van der Waals surface area contributed by atoms with Gasteiger partial charge < -0.3 is 9.47 Å². The van der Waals surface area contributed by atoms with Crippen molar-refractivity contribution in [2.75, 3.05) is 12.1 Å². The summed E-state index contributed by atoms with van der Waals surface area (Å²) in [4.78, 5) is 13.1. The van der Waals surface area contributed by atoms with E-state index in [1.54, 1.807) is 0 Å². The molecule has 3 aromatic rings. The molecule has 1 aromatic heterocycles. The summed E-state index contributed by atoms with van der Waals surface area (Å²) in [7, 11) is 0. The van der Waals surface area contributed by atoms with Crippen LogP contribution in [0.4, 0.5) is 5.13 Å². The van der Waals surface area contributed by atoms with E-state index in [4.69, 9.17) is 9.47 Å². The molecule has 0 radical (unpaired) electrons. The minimum absolute atomic E-state index is 0.0353. The van der Waals surface area contributed by atoms with Crippen molar-refractivity contribution in [3.8, 4) is 11.5 Å². The summed E-state index contributed by atoms with van der Waals surface area (Å²) in [6.07, 6.45) is 2.55. The van der Waals surface area contributed by atoms with Gasteiger partial charge >= 0.3 is 0 Å². The van der Waals surface area contributed by atoms with Crippen molar-refractivity contribution in [1.29, 1.82) is 0 Å². The molecule has 1 aliphatic carbocycles. The van der Waals surface area contributed by atoms with Gasteiger partial charge in [-0.15, -0.1) is 10.2 Å². The molecule has 1 aliphatic heterocycles. The van der Waals surface area contributed by atoms with Crippen LogP contribution in [0.2, 0.25) is 0 Å². The molecule has 1 N–H and O–H groups in total. The highest BCUT2D eigenvalue weighted by atomic mass is 32.1. The van der Waals surface area contributed by atoms with Gasteiger partial charge in [0.1, 0.15) is 5.01 Å². The predicted molar refractivity (Wildman–Crippen MR) is 111 cm³/mol. The molecule has 1 unspecified atom stereocenters. The van der Waals surface area contributed by atoms with Crippen molar-refractivity contribution in [1.82, 2.24) is 10.2 Å². The number of nitrogens with one attached hydrogen (secondary N) is 1. The third-order valence-electron chi connectivity index (χ3n) is 5.68. The minimum atomic E-state index is -0.517. The molecule has 0 bridgehead atoms. The van der Waals surface area contributed by atoms with Crippen molar-refractivity contribution >= 4 is 22.4 Å². The van der Waals surface area contributed by atoms with Crippen LogP contribution >= 0.6 is 11.3 Å². The molecule has 5 rings (SSSR count). The average molecular weight is 407 g/mol. The normalized spacial score (nSPS) is 17.0. The Morgan fingerprint density at radius 1 is 1.14 bits per heavy atom. The molecule has 1 amide bonds. The third kappa shape index (κ3) is 3.25. The zero-order valence-electron chi connectivity index (χ0n) is 16.1. The fourth-order valence-electron chi connectivity index (χ4n) is 3.85. The van der Waals surface area contributed by atoms with Gasteiger partial charge in [-0.3, -0.25) is 10.1 Å². The number of hydrogen-bond acceptors (Lipinski definition) is 6. The summed E-state index contributed by atoms with van der Waals surface area (Å²) in [5, 5.41) is 13.1. The first kappa shape index (κ1) is 18.1. The molecule has 2 aromatic carbocycles. The standard InChI is InChI=1S/C22H21N3O3S/c1-2-16(14-6-4-3-5-7-14)19-24-25-21(29-19)23-20(26)22(10-11-22)15-8-9-17-18(12-15)28-13-27-17/h3-9,12,16H,2,10-11,13H2,1H3,(H,23,25,26). The van der Waals surface area contributed by atoms with E-state index in [-0.39, 0.29) is 18.6 Å². The SMILES string of the molecule is CCC(c1ccccc1)c1nnc(NC(=O)C2(c3ccc4c(c3)OCO4)CC2)s1. The lowest BCUT2D eigenvalue weighted by Gasteiger charge is -2.15. The maximum absolute atomic E-state index is 13.1. The molecule has 2 heterocycles. The van der Waals surface area contributed by atoms with E-state index in [0.717, 1.165) is 35.6 Å². The summed E-state index contributed by atoms with van der Waals surface area (Å²) >= 11 is 1.45. The topological polar surface area (TPSA) is 73.3 Å². The van der Waals surface area contributed by atoms with Crippen LogP contribution < -0.4 is 14.8 Å². The lowest BCUT2D eigenvalue weighted by atomic mass is 9.94. The number of carbonyl (C=O) groups excluding carboxylic acids is 1. The van der Waals surface area contributed by atoms with Gasteiger partial charge in [0, 0.05) is 5.92 Å². The van der Waals surface area contributed by atoms with Crippen LogP contribution in [0.5, 0.6) is 11.5 Å². The molecule has 1 atom stereocenters. The zero-order valence-corrected chi connectivity index (χ0v) is 16.9. The lowest BCUT2D eigenvalue weighted by Crippen LogP contribution is -2.27. The van der Waals surface area contributed by atoms with E-state index < -0.39 is 5.41 Å². The Morgan fingerprint density at radius 2 is 1.93 bits per heavy atom. The van der Waals surface area contributed by atoms with E-state index >= 15 is 0 Å². The van der Waals surface area contributed by atoms with Gasteiger partial charge in [0.05, 0.1) is 5.41 Å². The van der Waals surface area contributed by atoms with Crippen LogP contribution in [0.25, 0.3) is 0 Å². The van der Waals surface area contributed by atoms with Gasteiger partial charge in [-0.1, -0.05) is 54.7 Å². The fourth-order valence-corrected chi connectivity index (χ4v) is 4.80. The number of nitrogens with zero attached hydrogens (tertiary/aromatic N) is 2. The van der Waals surface area contributed by atoms with Crippen molar-refractivity contribution in [3.05, 3.63) is 64.7 Å². The number of aromatic nitrogens is 2. The number of fused-ring (bicyclic) bond motifs is 1. The lowest BCUT2D eigenvalue weighted by molar-refractivity contribution is -0.118. The highest BCUT2D eigenvalue weighted by molar-refractivity contribution is 7.15. The molecule has 1 fully saturated rings. The maximum Gasteiger partial charge on any atom is 0.236 e. The van der Waals surface area contributed by atoms with E-state index in [2.05, 4.69) is 34.6 Å². The highest BCUT2D eigenvalue weighted by Gasteiger charge is 2.52. The Bertz CT molecular complexity index is 1050. The Kier molecular flexibility index (Phi) is 4.47. The Morgan fingerprint density at radius 3 is 2.69 bits per heavy atom. The molecule has 6 nitrogen and oxygen atoms in total. The number of rotatable bonds is 6. The number of hydrogen-bond donors (Lipinski definition) is 1. The Hall–Kier alpha value is -2.93. The highest BCUT2D eigenvalue weighted by Crippen LogP contribution is 2.51. The third-order valence-corrected chi connectivity index (χ3v) is 6.63. The van der Waals surface area contributed by atoms with Gasteiger partial charge in [0.2, 0.25) is 17.8 Å². The molecular weight excluding hydrogens is 386 g/mol. The summed E-state index contributed by atoms with van der Waals surface area (Å²) in [6, 6.07) is 16.0. The molecule has 7 heteroatoms. The average Bonchev–Trinajstić information content (AvgIpc) is 3.21. The Labute approximate surface area is 172 Å². The second-order valence-electron chi connectivity index (χ2n) is 7.42. The van der Waals surface area contributed by atoms with Crippen LogP contribution in [0, 0.1) is 0 Å². The number of ether oxygens (including phenoxy) is 2. The monoisotopic (exact) mass is 407 g/mol. The van der Waals surface area contributed by atoms with Crippen LogP contribution in [0.1, 0.15) is 48.2 Å². The summed E-state index contributed by atoms with van der Waals surface area (Å²) in [6.45, 7) is 2.36. The van der Waals surface area contributed by atoms with Crippen molar-refractivity contribution < 1.29 is 14.3 Å². The number of anilines is 1. The van der Waals surface area contributed by atoms with Gasteiger partial charge in [0.15, 0.2) is 11.5 Å². The van der Waals surface area contributed by atoms with Crippen LogP contribution in [-0.4, -0.2) is 22.9 Å². The zero-order chi connectivity index (χ0) is 19.8. The van der Waals surface area contributed by atoms with E-state index in [0.29, 0.717) is 10.9 Å². The van der Waals surface area contributed by atoms with Crippen LogP contribution in [0.15, 0.2) is 48.5 Å². The van der Waals surface area contributed by atoms with Crippen molar-refractivity contribution in [3.63, 3.8) is 0 Å². The minimum Gasteiger partial charge on any atom is -0.454 e. The quantitative estimate of drug-likeness (QED) is 0.652. The fraction of sp³-hybridized carbons (Fsp3) is 0.318. The van der Waals surface area contributed by atoms with E-state index in [1.807, 2.05) is 36.4 Å². The molecular formula is C22H21N3O3S. The summed E-state index contributed by atoms with van der Waals surface area (Å²) < 4.78 is 10.8. The predicted octanol–water partition coefficient (Wildman–Crippen LogP) is 4.48. The van der Waals surface area contributed by atoms with Crippen LogP contribution in [0.3, 0.4) is 0 Å². The summed E-state index contributed by atoms with van der Waals surface area (Å²) in [5.41, 5.74) is 1.65. The smallest absolute Gasteiger partial charge is 0.236 e. The second-order valence-corrected chi connectivity index (χ2v) is 8.43. The van der Waals surface area contributed by atoms with Gasteiger partial charge in [-0.2, -0.15) is 0 Å². The van der Waals surface area contributed by atoms with Gasteiger partial charge in [-0.05, 0) is 42.5 Å². The van der Waals surface area contributed by atoms with Gasteiger partial charge in [-0.25, -0.2) is 0 Å². The number of benzene rings is 2. The van der Waals surface area contributed by atoms with Crippen molar-refractivity contribution in [2.45, 2.75) is 37.5 Å². The second kappa shape index (κ2) is 7.15. The molecule has 29 heavy (non-hydrogen) atoms. The summed E-state index contributed by atoms with van der Waals surface area (Å²) in [5.74, 6) is 1.58. The largest absolute Gasteiger partial charge is 0.454 e. The van der Waals surface area contributed by atoms with Crippen LogP contribution in [-0.2, 0) is 10.2 Å². The first-order chi connectivity index (χ1) is 14.2. The molecule has 2 aliphatic rings. The molecule has 0 saturated heterocycles. The maximum atomic E-state index is 13.1. The Balaban J connectivity index is 1.34. The van der Waals surface area contributed by atoms with E-state index in [1.165, 1.54) is 16.9 Å².